The van der Waals surface area contributed by atoms with Gasteiger partial charge in [0, 0.05) is 12.6 Å². The number of thioether (sulfide) groups is 1. The van der Waals surface area contributed by atoms with Gasteiger partial charge in [0.25, 0.3) is 0 Å². The highest BCUT2D eigenvalue weighted by Crippen LogP contribution is 2.34. The number of carbonyl (C=O) groups excluding carboxylic acids is 1. The Labute approximate surface area is 205 Å². The molecule has 0 aliphatic carbocycles. The molecular formula is C21H16Cl2F4N4O2S. The number of alkyl halides is 3. The summed E-state index contributed by atoms with van der Waals surface area (Å²) in [5.41, 5.74) is -1.08. The third kappa shape index (κ3) is 6.64. The molecule has 3 rings (SSSR count). The fraction of sp³-hybridized carbons (Fsp3) is 0.190. The van der Waals surface area contributed by atoms with E-state index in [0.29, 0.717) is 23.3 Å². The smallest absolute Gasteiger partial charge is 0.416 e. The first-order valence-corrected chi connectivity index (χ1v) is 11.2. The van der Waals surface area contributed by atoms with Crippen LogP contribution in [0.3, 0.4) is 0 Å². The molecule has 0 aliphatic rings. The Bertz CT molecular complexity index is 1200. The quantitative estimate of drug-likeness (QED) is 0.200. The SMILES string of the molecule is C=CCn1c(COc2ccc(F)c(Cl)c2)nnc1SCC(=O)Nc1cc(C(F)(F)F)ccc1Cl. The molecule has 0 fully saturated rings. The van der Waals surface area contributed by atoms with Crippen LogP contribution < -0.4 is 10.1 Å². The number of amides is 1. The minimum absolute atomic E-state index is 0.0185. The summed E-state index contributed by atoms with van der Waals surface area (Å²) in [6.45, 7) is 3.96. The van der Waals surface area contributed by atoms with Gasteiger partial charge in [0.2, 0.25) is 5.91 Å². The molecule has 1 heterocycles. The van der Waals surface area contributed by atoms with Gasteiger partial charge in [0.15, 0.2) is 11.0 Å². The number of benzene rings is 2. The largest absolute Gasteiger partial charge is 0.486 e. The highest BCUT2D eigenvalue weighted by Gasteiger charge is 2.31. The average molecular weight is 535 g/mol. The summed E-state index contributed by atoms with van der Waals surface area (Å²) in [4.78, 5) is 12.3. The highest BCUT2D eigenvalue weighted by molar-refractivity contribution is 7.99. The summed E-state index contributed by atoms with van der Waals surface area (Å²) in [6.07, 6.45) is -2.98. The average Bonchev–Trinajstić information content (AvgIpc) is 3.15. The maximum Gasteiger partial charge on any atom is 0.416 e. The van der Waals surface area contributed by atoms with Crippen molar-refractivity contribution in [1.82, 2.24) is 14.8 Å². The van der Waals surface area contributed by atoms with E-state index in [1.165, 1.54) is 18.2 Å². The first-order valence-electron chi connectivity index (χ1n) is 9.48. The molecule has 0 saturated heterocycles. The van der Waals surface area contributed by atoms with Crippen LogP contribution in [0.2, 0.25) is 10.0 Å². The molecule has 34 heavy (non-hydrogen) atoms. The van der Waals surface area contributed by atoms with Gasteiger partial charge in [0.1, 0.15) is 18.2 Å². The fourth-order valence-electron chi connectivity index (χ4n) is 2.67. The molecule has 1 N–H and O–H groups in total. The van der Waals surface area contributed by atoms with Crippen molar-refractivity contribution in [3.05, 3.63) is 76.3 Å². The Hall–Kier alpha value is -2.76. The van der Waals surface area contributed by atoms with Gasteiger partial charge in [0.05, 0.1) is 27.0 Å². The summed E-state index contributed by atoms with van der Waals surface area (Å²) >= 11 is 12.7. The van der Waals surface area contributed by atoms with E-state index < -0.39 is 23.5 Å². The van der Waals surface area contributed by atoms with Crippen molar-refractivity contribution >= 4 is 46.6 Å². The normalized spacial score (nSPS) is 11.4. The molecule has 6 nitrogen and oxygen atoms in total. The molecule has 1 aromatic heterocycles. The lowest BCUT2D eigenvalue weighted by Gasteiger charge is -2.12. The lowest BCUT2D eigenvalue weighted by Crippen LogP contribution is -2.16. The molecule has 2 aromatic carbocycles. The Morgan fingerprint density at radius 3 is 2.62 bits per heavy atom. The number of aromatic nitrogens is 3. The zero-order valence-corrected chi connectivity index (χ0v) is 19.5. The summed E-state index contributed by atoms with van der Waals surface area (Å²) in [6, 6.07) is 6.56. The van der Waals surface area contributed by atoms with E-state index in [2.05, 4.69) is 22.1 Å². The lowest BCUT2D eigenvalue weighted by atomic mass is 10.2. The van der Waals surface area contributed by atoms with Gasteiger partial charge in [-0.3, -0.25) is 9.36 Å². The number of carbonyl (C=O) groups is 1. The molecule has 1 amide bonds. The number of anilines is 1. The highest BCUT2D eigenvalue weighted by atomic mass is 35.5. The Kier molecular flexibility index (Phi) is 8.45. The fourth-order valence-corrected chi connectivity index (χ4v) is 3.78. The number of hydrogen-bond acceptors (Lipinski definition) is 5. The van der Waals surface area contributed by atoms with Crippen LogP contribution in [0, 0.1) is 5.82 Å². The van der Waals surface area contributed by atoms with E-state index in [0.717, 1.165) is 30.0 Å². The van der Waals surface area contributed by atoms with Crippen molar-refractivity contribution in [3.63, 3.8) is 0 Å². The Morgan fingerprint density at radius 2 is 1.94 bits per heavy atom. The molecule has 180 valence electrons. The van der Waals surface area contributed by atoms with Gasteiger partial charge < -0.3 is 10.1 Å². The van der Waals surface area contributed by atoms with Crippen LogP contribution in [-0.2, 0) is 24.1 Å². The topological polar surface area (TPSA) is 69.0 Å². The maximum absolute atomic E-state index is 13.3. The minimum atomic E-state index is -4.57. The number of rotatable bonds is 9. The summed E-state index contributed by atoms with van der Waals surface area (Å²) < 4.78 is 59.3. The second-order valence-corrected chi connectivity index (χ2v) is 8.45. The Morgan fingerprint density at radius 1 is 1.18 bits per heavy atom. The predicted molar refractivity (Wildman–Crippen MR) is 122 cm³/mol. The molecule has 0 radical (unpaired) electrons. The van der Waals surface area contributed by atoms with Crippen LogP contribution in [0.25, 0.3) is 0 Å². The van der Waals surface area contributed by atoms with Gasteiger partial charge in [-0.2, -0.15) is 13.2 Å². The monoisotopic (exact) mass is 534 g/mol. The Balaban J connectivity index is 1.65. The van der Waals surface area contributed by atoms with Gasteiger partial charge >= 0.3 is 6.18 Å². The van der Waals surface area contributed by atoms with Gasteiger partial charge in [-0.15, -0.1) is 16.8 Å². The van der Waals surface area contributed by atoms with Gasteiger partial charge in [-0.05, 0) is 30.3 Å². The molecule has 0 atom stereocenters. The third-order valence-electron chi connectivity index (χ3n) is 4.26. The summed E-state index contributed by atoms with van der Waals surface area (Å²) in [5.74, 6) is -0.600. The molecule has 13 heteroatoms. The zero-order chi connectivity index (χ0) is 24.9. The lowest BCUT2D eigenvalue weighted by molar-refractivity contribution is -0.137. The molecule has 0 saturated carbocycles. The molecule has 0 spiro atoms. The van der Waals surface area contributed by atoms with Gasteiger partial charge in [-0.1, -0.05) is 41.0 Å². The molecular weight excluding hydrogens is 519 g/mol. The van der Waals surface area contributed by atoms with E-state index in [4.69, 9.17) is 27.9 Å². The number of hydrogen-bond donors (Lipinski definition) is 1. The number of ether oxygens (including phenoxy) is 1. The molecule has 3 aromatic rings. The van der Waals surface area contributed by atoms with Crippen LogP contribution in [0.4, 0.5) is 23.2 Å². The van der Waals surface area contributed by atoms with Crippen molar-refractivity contribution in [3.8, 4) is 5.75 Å². The number of halogens is 6. The van der Waals surface area contributed by atoms with Crippen LogP contribution in [-0.4, -0.2) is 26.4 Å². The van der Waals surface area contributed by atoms with E-state index >= 15 is 0 Å². The van der Waals surface area contributed by atoms with Crippen molar-refractivity contribution in [2.45, 2.75) is 24.5 Å². The second-order valence-electron chi connectivity index (χ2n) is 6.69. The second kappa shape index (κ2) is 11.1. The first kappa shape index (κ1) is 25.9. The summed E-state index contributed by atoms with van der Waals surface area (Å²) in [5, 5.41) is 10.7. The predicted octanol–water partition coefficient (Wildman–Crippen LogP) is 6.24. The van der Waals surface area contributed by atoms with Crippen molar-refractivity contribution in [2.75, 3.05) is 11.1 Å². The number of allylic oxidation sites excluding steroid dienone is 1. The first-order chi connectivity index (χ1) is 16.1. The summed E-state index contributed by atoms with van der Waals surface area (Å²) in [7, 11) is 0. The standard InChI is InChI=1S/C21H16Cl2F4N4O2S/c1-2-7-31-18(10-33-13-4-6-16(24)15(23)9-13)29-30-20(31)34-11-19(32)28-17-8-12(21(25,26)27)3-5-14(17)22/h2-6,8-9H,1,7,10-11H2,(H,28,32). The van der Waals surface area contributed by atoms with Crippen LogP contribution in [0.15, 0.2) is 54.2 Å². The third-order valence-corrected chi connectivity index (χ3v) is 5.85. The van der Waals surface area contributed by atoms with E-state index in [9.17, 15) is 22.4 Å². The minimum Gasteiger partial charge on any atom is -0.486 e. The van der Waals surface area contributed by atoms with Crippen molar-refractivity contribution < 1.29 is 27.1 Å². The van der Waals surface area contributed by atoms with Crippen LogP contribution in [0.1, 0.15) is 11.4 Å². The van der Waals surface area contributed by atoms with Crippen LogP contribution in [0.5, 0.6) is 5.75 Å². The van der Waals surface area contributed by atoms with E-state index in [1.54, 1.807) is 10.6 Å². The molecule has 0 bridgehead atoms. The van der Waals surface area contributed by atoms with Gasteiger partial charge in [-0.25, -0.2) is 4.39 Å². The van der Waals surface area contributed by atoms with E-state index in [-0.39, 0.29) is 28.1 Å². The molecule has 0 aliphatic heterocycles. The van der Waals surface area contributed by atoms with Crippen LogP contribution >= 0.6 is 35.0 Å². The number of nitrogens with zero attached hydrogens (tertiary/aromatic N) is 3. The van der Waals surface area contributed by atoms with Crippen molar-refractivity contribution in [2.24, 2.45) is 0 Å². The zero-order valence-electron chi connectivity index (χ0n) is 17.2. The number of nitrogens with one attached hydrogen (secondary N) is 1. The van der Waals surface area contributed by atoms with E-state index in [1.807, 2.05) is 0 Å². The molecule has 0 unspecified atom stereocenters. The van der Waals surface area contributed by atoms with Crippen molar-refractivity contribution in [1.29, 1.82) is 0 Å². The maximum atomic E-state index is 13.3.